The number of nitrogens with one attached hydrogen (secondary N) is 1. The third-order valence-corrected chi connectivity index (χ3v) is 13.1. The molecule has 1 aromatic carbocycles. The lowest BCUT2D eigenvalue weighted by atomic mass is 10.1. The third-order valence-electron chi connectivity index (χ3n) is 13.1. The van der Waals surface area contributed by atoms with Crippen molar-refractivity contribution in [3.63, 3.8) is 0 Å². The Morgan fingerprint density at radius 2 is 1.16 bits per heavy atom. The fourth-order valence-corrected chi connectivity index (χ4v) is 8.95. The SMILES string of the molecule is Cc1nc(N)ccc1F.Cc1nc(NC(=O)N2c3nc(C(=O)CCC4CC4)ccc3N3CC[C@H]2C3)ccc1F.O=C(CCC1CC1)c1ccc2c(n1)N(C(=O)Oc1ccccc1)[C@H]1CCN2C1. The first-order valence-corrected chi connectivity index (χ1v) is 23.1. The van der Waals surface area contributed by atoms with E-state index in [0.29, 0.717) is 65.0 Å². The van der Waals surface area contributed by atoms with Crippen LogP contribution in [0.25, 0.3) is 0 Å². The lowest BCUT2D eigenvalue weighted by molar-refractivity contribution is 0.0965. The molecule has 15 nitrogen and oxygen atoms in total. The monoisotopic (exact) mass is 912 g/mol. The maximum atomic E-state index is 13.5. The average molecular weight is 913 g/mol. The number of fused-ring (bicyclic) bond motifs is 8. The van der Waals surface area contributed by atoms with E-state index in [-0.39, 0.29) is 47.0 Å². The van der Waals surface area contributed by atoms with Gasteiger partial charge in [-0.3, -0.25) is 24.7 Å². The lowest BCUT2D eigenvalue weighted by Gasteiger charge is -2.35. The van der Waals surface area contributed by atoms with Crippen LogP contribution in [-0.4, -0.2) is 81.9 Å². The van der Waals surface area contributed by atoms with E-state index in [4.69, 9.17) is 10.5 Å². The number of rotatable bonds is 10. The molecule has 67 heavy (non-hydrogen) atoms. The van der Waals surface area contributed by atoms with Gasteiger partial charge in [0.15, 0.2) is 23.2 Å². The van der Waals surface area contributed by atoms with Crippen molar-refractivity contribution in [2.45, 2.75) is 90.1 Å². The van der Waals surface area contributed by atoms with Crippen LogP contribution in [0.15, 0.2) is 78.9 Å². The molecule has 0 radical (unpaired) electrons. The number of ether oxygens (including phenoxy) is 1. The largest absolute Gasteiger partial charge is 0.421 e. The first kappa shape index (κ1) is 45.1. The summed E-state index contributed by atoms with van der Waals surface area (Å²) in [5.41, 5.74) is 8.43. The summed E-state index contributed by atoms with van der Waals surface area (Å²) in [6.07, 6.45) is 9.02. The van der Waals surface area contributed by atoms with Gasteiger partial charge in [0, 0.05) is 39.0 Å². The molecule has 11 rings (SSSR count). The molecule has 0 unspecified atom stereocenters. The van der Waals surface area contributed by atoms with E-state index in [9.17, 15) is 28.0 Å². The Hall–Kier alpha value is -7.04. The summed E-state index contributed by atoms with van der Waals surface area (Å²) in [5, 5.41) is 2.77. The number of halogens is 2. The van der Waals surface area contributed by atoms with Crippen LogP contribution in [0.2, 0.25) is 0 Å². The molecule has 4 aliphatic heterocycles. The molecular weight excluding hydrogens is 859 g/mol. The number of amides is 3. The summed E-state index contributed by atoms with van der Waals surface area (Å²) in [7, 11) is 0. The second-order valence-corrected chi connectivity index (χ2v) is 18.1. The maximum Gasteiger partial charge on any atom is 0.421 e. The van der Waals surface area contributed by atoms with Crippen LogP contribution in [-0.2, 0) is 0 Å². The van der Waals surface area contributed by atoms with Crippen molar-refractivity contribution in [3.05, 3.63) is 113 Å². The zero-order valence-corrected chi connectivity index (χ0v) is 37.7. The molecule has 6 aliphatic rings. The molecule has 2 saturated heterocycles. The molecule has 8 heterocycles. The highest BCUT2D eigenvalue weighted by Crippen LogP contribution is 2.42. The number of anilines is 6. The number of ketones is 2. The number of carbonyl (C=O) groups is 4. The molecule has 2 atom stereocenters. The number of benzene rings is 1. The lowest BCUT2D eigenvalue weighted by Crippen LogP contribution is -2.48. The van der Waals surface area contributed by atoms with Crippen molar-refractivity contribution in [2.24, 2.45) is 11.8 Å². The van der Waals surface area contributed by atoms with E-state index in [1.165, 1.54) is 49.9 Å². The number of para-hydroxylation sites is 1. The predicted molar refractivity (Wildman–Crippen MR) is 251 cm³/mol. The predicted octanol–water partition coefficient (Wildman–Crippen LogP) is 9.09. The summed E-state index contributed by atoms with van der Waals surface area (Å²) in [5.74, 6) is 2.95. The van der Waals surface area contributed by atoms with Crippen LogP contribution in [0.4, 0.5) is 53.0 Å². The van der Waals surface area contributed by atoms with E-state index in [1.54, 1.807) is 47.9 Å². The molecule has 3 N–H and O–H groups in total. The standard InChI is InChI=1S/C22H24FN5O2.C22H23N3O3.C6H7FN2/c1-13-16(23)5-9-20(24-13)26-22(30)28-15-10-11-27(12-15)18-7-6-17(25-21(18)28)19(29)8-4-14-2-3-14;26-20(11-8-15-6-7-15)18-9-10-19-21(23-18)25(16-12-13-24(19)14-16)22(27)28-17-4-2-1-3-5-17;1-4-5(7)2-3-6(8)9-4/h5-7,9,14-15H,2-4,8,10-12H2,1H3,(H,24,26,30);1-5,9-10,15-16H,6-8,11-14H2;2-3H,1H3,(H2,8,9)/t15-;16-;/m00./s1. The number of carbonyl (C=O) groups excluding carboxylic acids is 4. The van der Waals surface area contributed by atoms with Crippen molar-refractivity contribution in [3.8, 4) is 5.75 Å². The minimum atomic E-state index is -0.436. The normalized spacial score (nSPS) is 18.4. The number of Topliss-reactive ketones (excluding diaryl/α,β-unsaturated/α-hetero) is 2. The molecule has 348 valence electrons. The van der Waals surface area contributed by atoms with E-state index >= 15 is 0 Å². The Morgan fingerprint density at radius 1 is 0.642 bits per heavy atom. The molecular formula is C50H54F2N10O5. The Bertz CT molecular complexity index is 2680. The van der Waals surface area contributed by atoms with Gasteiger partial charge in [-0.15, -0.1) is 0 Å². The molecule has 5 aromatic rings. The second kappa shape index (κ2) is 19.4. The van der Waals surface area contributed by atoms with Gasteiger partial charge in [0.2, 0.25) is 0 Å². The van der Waals surface area contributed by atoms with E-state index in [0.717, 1.165) is 63.2 Å². The molecule has 17 heteroatoms. The minimum Gasteiger partial charge on any atom is -0.410 e. The van der Waals surface area contributed by atoms with Crippen LogP contribution in [0.1, 0.15) is 96.6 Å². The average Bonchev–Trinajstić information content (AvgIpc) is 4.26. The fraction of sp³-hybridized carbons (Fsp3) is 0.400. The summed E-state index contributed by atoms with van der Waals surface area (Å²) < 4.78 is 31.5. The van der Waals surface area contributed by atoms with Gasteiger partial charge in [-0.25, -0.2) is 38.3 Å². The van der Waals surface area contributed by atoms with Gasteiger partial charge in [-0.2, -0.15) is 0 Å². The molecule has 3 amide bonds. The summed E-state index contributed by atoms with van der Waals surface area (Å²) in [6, 6.07) is 21.6. The highest BCUT2D eigenvalue weighted by Gasteiger charge is 2.43. The summed E-state index contributed by atoms with van der Waals surface area (Å²) >= 11 is 0. The molecule has 2 saturated carbocycles. The number of nitrogen functional groups attached to an aromatic ring is 1. The Balaban J connectivity index is 0.000000142. The fourth-order valence-electron chi connectivity index (χ4n) is 8.95. The smallest absolute Gasteiger partial charge is 0.410 e. The van der Waals surface area contributed by atoms with Crippen LogP contribution in [0.3, 0.4) is 0 Å². The maximum absolute atomic E-state index is 13.5. The number of pyridine rings is 4. The highest BCUT2D eigenvalue weighted by molar-refractivity contribution is 6.05. The second-order valence-electron chi connectivity index (χ2n) is 18.1. The first-order valence-electron chi connectivity index (χ1n) is 23.1. The molecule has 4 fully saturated rings. The minimum absolute atomic E-state index is 0.0213. The molecule has 4 bridgehead atoms. The Kier molecular flexibility index (Phi) is 13.1. The first-order chi connectivity index (χ1) is 32.4. The third kappa shape index (κ3) is 10.5. The number of aromatic nitrogens is 4. The molecule has 4 aromatic heterocycles. The Morgan fingerprint density at radius 3 is 1.69 bits per heavy atom. The van der Waals surface area contributed by atoms with Crippen LogP contribution in [0, 0.1) is 37.3 Å². The van der Waals surface area contributed by atoms with Crippen molar-refractivity contribution in [2.75, 3.05) is 56.8 Å². The number of urea groups is 1. The number of aryl methyl sites for hydroxylation is 2. The van der Waals surface area contributed by atoms with Gasteiger partial charge in [0.1, 0.15) is 40.4 Å². The summed E-state index contributed by atoms with van der Waals surface area (Å²) in [6.45, 7) is 6.35. The van der Waals surface area contributed by atoms with Crippen molar-refractivity contribution in [1.82, 2.24) is 19.9 Å². The van der Waals surface area contributed by atoms with E-state index < -0.39 is 11.9 Å². The topological polar surface area (TPSA) is 180 Å². The van der Waals surface area contributed by atoms with Gasteiger partial charge in [0.25, 0.3) is 0 Å². The van der Waals surface area contributed by atoms with Crippen LogP contribution < -0.4 is 35.4 Å². The van der Waals surface area contributed by atoms with E-state index in [2.05, 4.69) is 35.1 Å². The summed E-state index contributed by atoms with van der Waals surface area (Å²) in [4.78, 5) is 76.1. The van der Waals surface area contributed by atoms with Crippen LogP contribution in [0.5, 0.6) is 5.75 Å². The number of hydrogen-bond acceptors (Lipinski definition) is 12. The van der Waals surface area contributed by atoms with Gasteiger partial charge in [-0.1, -0.05) is 43.9 Å². The molecule has 0 spiro atoms. The van der Waals surface area contributed by atoms with Crippen molar-refractivity contribution in [1.29, 1.82) is 0 Å². The Labute approximate surface area is 387 Å². The number of hydrogen-bond donors (Lipinski definition) is 2. The van der Waals surface area contributed by atoms with Crippen molar-refractivity contribution >= 4 is 58.3 Å². The van der Waals surface area contributed by atoms with Gasteiger partial charge < -0.3 is 20.3 Å². The van der Waals surface area contributed by atoms with Crippen LogP contribution >= 0.6 is 0 Å². The van der Waals surface area contributed by atoms with Gasteiger partial charge in [0.05, 0.1) is 34.8 Å². The van der Waals surface area contributed by atoms with E-state index in [1.807, 2.05) is 30.3 Å². The zero-order chi connectivity index (χ0) is 46.8. The zero-order valence-electron chi connectivity index (χ0n) is 37.7. The highest BCUT2D eigenvalue weighted by atomic mass is 19.1. The van der Waals surface area contributed by atoms with Gasteiger partial charge >= 0.3 is 12.1 Å². The number of nitrogens with zero attached hydrogens (tertiary/aromatic N) is 8. The quantitative estimate of drug-likeness (QED) is 0.127. The number of nitrogens with two attached hydrogens (primary N) is 1. The van der Waals surface area contributed by atoms with Crippen molar-refractivity contribution < 1.29 is 32.7 Å². The van der Waals surface area contributed by atoms with Gasteiger partial charge in [-0.05, 0) is 112 Å². The molecule has 2 aliphatic carbocycles.